The van der Waals surface area contributed by atoms with Gasteiger partial charge in [0, 0.05) is 24.0 Å². The minimum atomic E-state index is -0.333. The normalized spacial score (nSPS) is 10.2. The number of amides is 2. The zero-order valence-electron chi connectivity index (χ0n) is 13.4. The molecule has 8 heteroatoms. The van der Waals surface area contributed by atoms with Gasteiger partial charge in [0.2, 0.25) is 0 Å². The highest BCUT2D eigenvalue weighted by Crippen LogP contribution is 2.18. The Labute approximate surface area is 144 Å². The van der Waals surface area contributed by atoms with Crippen molar-refractivity contribution < 1.29 is 9.59 Å². The molecule has 0 unspecified atom stereocenters. The van der Waals surface area contributed by atoms with Crippen LogP contribution in [0.25, 0.3) is 4.85 Å². The van der Waals surface area contributed by atoms with Crippen LogP contribution >= 0.6 is 11.3 Å². The average Bonchev–Trinajstić information content (AvgIpc) is 3.03. The molecule has 0 bridgehead atoms. The SMILES string of the molecule is [C-]#[N+]c1ccc(C(=O)Nc2nc(C(=O)NCCN(C)C)cs2)cc1. The number of likely N-dealkylation sites (N-methyl/N-ethyl adjacent to an activating group) is 1. The van der Waals surface area contributed by atoms with Crippen LogP contribution in [0.15, 0.2) is 29.6 Å². The standard InChI is InChI=1S/C16H17N5O2S/c1-17-12-6-4-11(5-7-12)14(22)20-16-19-13(10-24-16)15(23)18-8-9-21(2)3/h4-7,10H,8-9H2,2-3H3,(H,18,23)(H,19,20,22). The summed E-state index contributed by atoms with van der Waals surface area (Å²) in [5, 5.41) is 7.37. The van der Waals surface area contributed by atoms with Crippen LogP contribution in [0.5, 0.6) is 0 Å². The van der Waals surface area contributed by atoms with Crippen LogP contribution in [0, 0.1) is 6.57 Å². The predicted octanol–water partition coefficient (Wildman–Crippen LogP) is 2.24. The van der Waals surface area contributed by atoms with Gasteiger partial charge in [0.15, 0.2) is 10.8 Å². The van der Waals surface area contributed by atoms with Crippen molar-refractivity contribution in [3.63, 3.8) is 0 Å². The van der Waals surface area contributed by atoms with Crippen molar-refractivity contribution in [2.24, 2.45) is 0 Å². The highest BCUT2D eigenvalue weighted by molar-refractivity contribution is 7.14. The summed E-state index contributed by atoms with van der Waals surface area (Å²) in [6.07, 6.45) is 0. The van der Waals surface area contributed by atoms with Crippen molar-refractivity contribution in [1.29, 1.82) is 0 Å². The van der Waals surface area contributed by atoms with Gasteiger partial charge in [0.1, 0.15) is 5.69 Å². The van der Waals surface area contributed by atoms with E-state index >= 15 is 0 Å². The number of nitrogens with one attached hydrogen (secondary N) is 2. The van der Waals surface area contributed by atoms with E-state index in [4.69, 9.17) is 6.57 Å². The van der Waals surface area contributed by atoms with Crippen LogP contribution in [-0.2, 0) is 0 Å². The Morgan fingerprint density at radius 3 is 2.58 bits per heavy atom. The summed E-state index contributed by atoms with van der Waals surface area (Å²) < 4.78 is 0. The molecule has 0 aliphatic carbocycles. The lowest BCUT2D eigenvalue weighted by Gasteiger charge is -2.09. The number of carbonyl (C=O) groups is 2. The van der Waals surface area contributed by atoms with Crippen molar-refractivity contribution in [2.75, 3.05) is 32.5 Å². The van der Waals surface area contributed by atoms with E-state index in [-0.39, 0.29) is 17.5 Å². The van der Waals surface area contributed by atoms with Crippen molar-refractivity contribution in [2.45, 2.75) is 0 Å². The molecule has 0 atom stereocenters. The van der Waals surface area contributed by atoms with Gasteiger partial charge in [-0.25, -0.2) is 9.83 Å². The molecule has 0 saturated carbocycles. The van der Waals surface area contributed by atoms with Crippen LogP contribution in [0.1, 0.15) is 20.8 Å². The number of benzene rings is 1. The van der Waals surface area contributed by atoms with E-state index in [0.29, 0.717) is 22.9 Å². The molecule has 0 fully saturated rings. The molecule has 24 heavy (non-hydrogen) atoms. The van der Waals surface area contributed by atoms with Gasteiger partial charge in [-0.1, -0.05) is 24.3 Å². The van der Waals surface area contributed by atoms with E-state index in [2.05, 4.69) is 20.5 Å². The second-order valence-electron chi connectivity index (χ2n) is 5.21. The number of hydrogen-bond donors (Lipinski definition) is 2. The van der Waals surface area contributed by atoms with E-state index in [9.17, 15) is 9.59 Å². The monoisotopic (exact) mass is 343 g/mol. The molecular formula is C16H17N5O2S. The predicted molar refractivity (Wildman–Crippen MR) is 93.7 cm³/mol. The van der Waals surface area contributed by atoms with Gasteiger partial charge in [-0.05, 0) is 14.1 Å². The molecule has 2 rings (SSSR count). The molecule has 0 spiro atoms. The Kier molecular flexibility index (Phi) is 6.01. The van der Waals surface area contributed by atoms with E-state index in [1.807, 2.05) is 19.0 Å². The molecule has 0 aliphatic heterocycles. The Hall–Kier alpha value is -2.76. The molecule has 1 aromatic heterocycles. The summed E-state index contributed by atoms with van der Waals surface area (Å²) in [7, 11) is 3.85. The first-order valence-electron chi connectivity index (χ1n) is 7.17. The lowest BCUT2D eigenvalue weighted by atomic mass is 10.2. The van der Waals surface area contributed by atoms with Crippen molar-refractivity contribution in [1.82, 2.24) is 15.2 Å². The van der Waals surface area contributed by atoms with Crippen molar-refractivity contribution in [3.05, 3.63) is 52.3 Å². The van der Waals surface area contributed by atoms with Gasteiger partial charge in [0.05, 0.1) is 6.57 Å². The van der Waals surface area contributed by atoms with Crippen molar-refractivity contribution in [3.8, 4) is 0 Å². The third-order valence-corrected chi connectivity index (χ3v) is 3.82. The van der Waals surface area contributed by atoms with Gasteiger partial charge in [0.25, 0.3) is 11.8 Å². The highest BCUT2D eigenvalue weighted by Gasteiger charge is 2.13. The fourth-order valence-electron chi connectivity index (χ4n) is 1.78. The molecule has 7 nitrogen and oxygen atoms in total. The number of hydrogen-bond acceptors (Lipinski definition) is 5. The fourth-order valence-corrected chi connectivity index (χ4v) is 2.46. The summed E-state index contributed by atoms with van der Waals surface area (Å²) in [6, 6.07) is 6.30. The van der Waals surface area contributed by atoms with Crippen LogP contribution in [-0.4, -0.2) is 48.9 Å². The highest BCUT2D eigenvalue weighted by atomic mass is 32.1. The number of carbonyl (C=O) groups excluding carboxylic acids is 2. The first kappa shape index (κ1) is 17.6. The lowest BCUT2D eigenvalue weighted by Crippen LogP contribution is -2.31. The maximum atomic E-state index is 12.1. The molecule has 2 aromatic rings. The summed E-state index contributed by atoms with van der Waals surface area (Å²) in [4.78, 5) is 33.4. The van der Waals surface area contributed by atoms with Gasteiger partial charge in [-0.2, -0.15) is 0 Å². The maximum absolute atomic E-state index is 12.1. The van der Waals surface area contributed by atoms with Gasteiger partial charge >= 0.3 is 0 Å². The van der Waals surface area contributed by atoms with E-state index < -0.39 is 0 Å². The van der Waals surface area contributed by atoms with Crippen molar-refractivity contribution >= 4 is 34.0 Å². The minimum Gasteiger partial charge on any atom is -0.349 e. The number of nitrogens with zero attached hydrogens (tertiary/aromatic N) is 3. The average molecular weight is 343 g/mol. The Morgan fingerprint density at radius 2 is 1.96 bits per heavy atom. The second kappa shape index (κ2) is 8.19. The quantitative estimate of drug-likeness (QED) is 0.789. The van der Waals surface area contributed by atoms with Crippen LogP contribution in [0.2, 0.25) is 0 Å². The Bertz CT molecular complexity index is 762. The number of rotatable bonds is 6. The molecule has 0 aliphatic rings. The topological polar surface area (TPSA) is 78.7 Å². The smallest absolute Gasteiger partial charge is 0.270 e. The third-order valence-electron chi connectivity index (χ3n) is 3.06. The van der Waals surface area contributed by atoms with E-state index in [0.717, 1.165) is 6.54 Å². The lowest BCUT2D eigenvalue weighted by molar-refractivity contribution is 0.0945. The van der Waals surface area contributed by atoms with E-state index in [1.54, 1.807) is 29.6 Å². The molecule has 1 heterocycles. The molecular weight excluding hydrogens is 326 g/mol. The summed E-state index contributed by atoms with van der Waals surface area (Å²) in [5.74, 6) is -0.601. The number of aromatic nitrogens is 1. The number of anilines is 1. The summed E-state index contributed by atoms with van der Waals surface area (Å²) in [6.45, 7) is 8.15. The van der Waals surface area contributed by atoms with Crippen LogP contribution in [0.4, 0.5) is 10.8 Å². The van der Waals surface area contributed by atoms with Gasteiger partial charge < -0.3 is 10.2 Å². The Morgan fingerprint density at radius 1 is 1.25 bits per heavy atom. The minimum absolute atomic E-state index is 0.269. The van der Waals surface area contributed by atoms with Gasteiger partial charge in [-0.15, -0.1) is 11.3 Å². The van der Waals surface area contributed by atoms with Crippen LogP contribution < -0.4 is 10.6 Å². The molecule has 124 valence electrons. The molecule has 2 amide bonds. The molecule has 0 radical (unpaired) electrons. The number of thiazole rings is 1. The first-order valence-corrected chi connectivity index (χ1v) is 8.05. The fraction of sp³-hybridized carbons (Fsp3) is 0.250. The van der Waals surface area contributed by atoms with Gasteiger partial charge in [-0.3, -0.25) is 14.9 Å². The maximum Gasteiger partial charge on any atom is 0.270 e. The first-order chi connectivity index (χ1) is 11.5. The summed E-state index contributed by atoms with van der Waals surface area (Å²) >= 11 is 1.19. The molecule has 1 aromatic carbocycles. The zero-order valence-corrected chi connectivity index (χ0v) is 14.2. The van der Waals surface area contributed by atoms with E-state index in [1.165, 1.54) is 11.3 Å². The zero-order chi connectivity index (χ0) is 17.5. The second-order valence-corrected chi connectivity index (χ2v) is 6.07. The largest absolute Gasteiger partial charge is 0.349 e. The molecule has 0 saturated heterocycles. The third kappa shape index (κ3) is 4.87. The summed E-state index contributed by atoms with van der Waals surface area (Å²) in [5.41, 5.74) is 1.17. The van der Waals surface area contributed by atoms with Crippen LogP contribution in [0.3, 0.4) is 0 Å². The Balaban J connectivity index is 1.94. The molecule has 2 N–H and O–H groups in total.